The third-order valence-electron chi connectivity index (χ3n) is 6.04. The average molecular weight is 555 g/mol. The van der Waals surface area contributed by atoms with Crippen LogP contribution in [0.15, 0.2) is 52.7 Å². The fourth-order valence-electron chi connectivity index (χ4n) is 4.44. The summed E-state index contributed by atoms with van der Waals surface area (Å²) in [7, 11) is 1.17. The quantitative estimate of drug-likeness (QED) is 0.423. The molecule has 2 aromatic heterocycles. The van der Waals surface area contributed by atoms with Gasteiger partial charge in [0.15, 0.2) is 16.5 Å². The number of allylic oxidation sites excluding steroid dienone is 1. The highest BCUT2D eigenvalue weighted by atomic mass is 35.5. The van der Waals surface area contributed by atoms with Crippen molar-refractivity contribution in [3.05, 3.63) is 74.8 Å². The van der Waals surface area contributed by atoms with Crippen LogP contribution in [-0.4, -0.2) is 57.5 Å². The molecule has 1 aromatic carbocycles. The van der Waals surface area contributed by atoms with Crippen molar-refractivity contribution >= 4 is 40.4 Å². The summed E-state index contributed by atoms with van der Waals surface area (Å²) in [6.45, 7) is -3.46. The molecule has 194 valence electrons. The van der Waals surface area contributed by atoms with Crippen molar-refractivity contribution in [1.29, 1.82) is 0 Å². The van der Waals surface area contributed by atoms with Crippen molar-refractivity contribution in [2.45, 2.75) is 24.7 Å². The number of halogens is 5. The summed E-state index contributed by atoms with van der Waals surface area (Å²) < 4.78 is 61.9. The van der Waals surface area contributed by atoms with Crippen LogP contribution < -0.4 is 5.32 Å². The van der Waals surface area contributed by atoms with Crippen LogP contribution in [-0.2, 0) is 4.74 Å². The summed E-state index contributed by atoms with van der Waals surface area (Å²) in [5.74, 6) is -0.228. The first-order valence-electron chi connectivity index (χ1n) is 11.0. The highest BCUT2D eigenvalue weighted by Gasteiger charge is 2.48. The molecule has 14 heteroatoms. The number of methoxy groups -OCH3 is 1. The largest absolute Gasteiger partial charge is 0.453 e. The minimum atomic E-state index is -2.89. The van der Waals surface area contributed by atoms with Crippen LogP contribution in [0.4, 0.5) is 22.4 Å². The molecular weight excluding hydrogens is 536 g/mol. The maximum absolute atomic E-state index is 16.2. The topological polar surface area (TPSA) is 84.6 Å². The van der Waals surface area contributed by atoms with Crippen LogP contribution in [0.3, 0.4) is 0 Å². The standard InChI is InChI=1S/C23H19ClF4N6O2S/c1-36-22(35)30-10-23(28)9-16-17(15-4-6-34(32-15)21(26)27)18(13-3-2-12(25)8-14(13)24)31-19(33(16)11-23)20-29-5-7-37-20/h2-8,18,21H,9-11H2,1H3,(H,30,35)/t18-,23+/m0/s1. The second-order valence-electron chi connectivity index (χ2n) is 8.44. The Morgan fingerprint density at radius 1 is 1.38 bits per heavy atom. The molecule has 2 atom stereocenters. The van der Waals surface area contributed by atoms with Gasteiger partial charge in [0.25, 0.3) is 0 Å². The minimum absolute atomic E-state index is 0.0592. The molecule has 1 fully saturated rings. The number of thiazole rings is 1. The molecule has 1 N–H and O–H groups in total. The highest BCUT2D eigenvalue weighted by molar-refractivity contribution is 7.11. The first-order chi connectivity index (χ1) is 17.7. The van der Waals surface area contributed by atoms with E-state index >= 15 is 4.39 Å². The van der Waals surface area contributed by atoms with Crippen molar-refractivity contribution in [3.8, 4) is 0 Å². The van der Waals surface area contributed by atoms with E-state index in [-0.39, 0.29) is 30.2 Å². The van der Waals surface area contributed by atoms with Crippen molar-refractivity contribution in [3.63, 3.8) is 0 Å². The summed E-state index contributed by atoms with van der Waals surface area (Å²) in [6, 6.07) is 4.24. The van der Waals surface area contributed by atoms with Gasteiger partial charge in [0, 0.05) is 46.1 Å². The third-order valence-corrected chi connectivity index (χ3v) is 7.14. The lowest BCUT2D eigenvalue weighted by atomic mass is 9.91. The van der Waals surface area contributed by atoms with Gasteiger partial charge >= 0.3 is 12.6 Å². The third kappa shape index (κ3) is 4.80. The lowest BCUT2D eigenvalue weighted by molar-refractivity contribution is 0.0564. The Kier molecular flexibility index (Phi) is 6.67. The van der Waals surface area contributed by atoms with Crippen molar-refractivity contribution in [1.82, 2.24) is 25.0 Å². The Morgan fingerprint density at radius 3 is 2.84 bits per heavy atom. The number of alkyl halides is 3. The summed E-state index contributed by atoms with van der Waals surface area (Å²) in [6.07, 6.45) is 1.69. The zero-order valence-corrected chi connectivity index (χ0v) is 20.7. The first-order valence-corrected chi connectivity index (χ1v) is 12.2. The SMILES string of the molecule is COC(=O)NC[C@]1(F)CC2=C(c3ccn(C(F)F)n3)[C@H](c3ccc(F)cc3Cl)N=C(c3nccs3)N2C1. The second kappa shape index (κ2) is 9.78. The van der Waals surface area contributed by atoms with E-state index in [1.807, 2.05) is 0 Å². The van der Waals surface area contributed by atoms with Gasteiger partial charge in [-0.1, -0.05) is 17.7 Å². The van der Waals surface area contributed by atoms with E-state index in [0.29, 0.717) is 32.4 Å². The number of hydrogen-bond acceptors (Lipinski definition) is 7. The zero-order chi connectivity index (χ0) is 26.3. The number of benzene rings is 1. The average Bonchev–Trinajstić information content (AvgIpc) is 3.62. The number of aromatic nitrogens is 3. The number of carbonyl (C=O) groups excluding carboxylic acids is 1. The molecule has 5 rings (SSSR count). The Bertz CT molecular complexity index is 1400. The summed E-state index contributed by atoms with van der Waals surface area (Å²) in [5.41, 5.74) is -0.683. The van der Waals surface area contributed by atoms with E-state index in [2.05, 4.69) is 20.1 Å². The molecule has 3 aromatic rings. The molecule has 0 bridgehead atoms. The molecular formula is C23H19ClF4N6O2S. The lowest BCUT2D eigenvalue weighted by Crippen LogP contribution is -2.43. The number of amides is 1. The van der Waals surface area contributed by atoms with Gasteiger partial charge in [-0.05, 0) is 18.2 Å². The van der Waals surface area contributed by atoms with E-state index in [9.17, 15) is 18.0 Å². The van der Waals surface area contributed by atoms with Gasteiger partial charge < -0.3 is 15.0 Å². The van der Waals surface area contributed by atoms with Gasteiger partial charge in [0.1, 0.15) is 11.9 Å². The Morgan fingerprint density at radius 2 is 2.19 bits per heavy atom. The summed E-state index contributed by atoms with van der Waals surface area (Å²) >= 11 is 7.68. The van der Waals surface area contributed by atoms with Crippen molar-refractivity contribution in [2.24, 2.45) is 4.99 Å². The number of carbonyl (C=O) groups is 1. The number of fused-ring (bicyclic) bond motifs is 1. The number of aliphatic imine (C=N–C) groups is 1. The Balaban J connectivity index is 1.69. The van der Waals surface area contributed by atoms with Crippen LogP contribution in [0.1, 0.15) is 35.3 Å². The molecule has 0 aliphatic carbocycles. The van der Waals surface area contributed by atoms with E-state index in [0.717, 1.165) is 12.3 Å². The monoisotopic (exact) mass is 554 g/mol. The predicted molar refractivity (Wildman–Crippen MR) is 129 cm³/mol. The second-order valence-corrected chi connectivity index (χ2v) is 9.74. The van der Waals surface area contributed by atoms with Gasteiger partial charge in [-0.25, -0.2) is 23.2 Å². The molecule has 2 aliphatic heterocycles. The summed E-state index contributed by atoms with van der Waals surface area (Å²) in [5, 5.41) is 8.68. The molecule has 0 radical (unpaired) electrons. The Labute approximate surface area is 217 Å². The molecule has 0 spiro atoms. The molecule has 2 aliphatic rings. The molecule has 37 heavy (non-hydrogen) atoms. The maximum atomic E-state index is 16.2. The van der Waals surface area contributed by atoms with Crippen molar-refractivity contribution < 1.29 is 27.1 Å². The van der Waals surface area contributed by atoms with Crippen LogP contribution >= 0.6 is 22.9 Å². The number of nitrogens with one attached hydrogen (secondary N) is 1. The van der Waals surface area contributed by atoms with Crippen LogP contribution in [0, 0.1) is 5.82 Å². The number of amidine groups is 1. The molecule has 0 unspecified atom stereocenters. The van der Waals surface area contributed by atoms with Gasteiger partial charge in [0.05, 0.1) is 25.9 Å². The van der Waals surface area contributed by atoms with Gasteiger partial charge in [-0.15, -0.1) is 11.3 Å². The van der Waals surface area contributed by atoms with Gasteiger partial charge in [-0.2, -0.15) is 13.9 Å². The molecule has 0 saturated carbocycles. The van der Waals surface area contributed by atoms with E-state index in [1.165, 1.54) is 36.6 Å². The van der Waals surface area contributed by atoms with Crippen LogP contribution in [0.5, 0.6) is 0 Å². The molecule has 4 heterocycles. The fraction of sp³-hybridized carbons (Fsp3) is 0.304. The van der Waals surface area contributed by atoms with Crippen molar-refractivity contribution in [2.75, 3.05) is 20.2 Å². The Hall–Kier alpha value is -3.45. The number of hydrogen-bond donors (Lipinski definition) is 1. The van der Waals surface area contributed by atoms with E-state index in [1.54, 1.807) is 16.5 Å². The lowest BCUT2D eigenvalue weighted by Gasteiger charge is -2.32. The number of alkyl carbamates (subject to hydrolysis) is 1. The zero-order valence-electron chi connectivity index (χ0n) is 19.2. The van der Waals surface area contributed by atoms with E-state index < -0.39 is 30.2 Å². The molecule has 8 nitrogen and oxygen atoms in total. The number of rotatable bonds is 6. The smallest absolute Gasteiger partial charge is 0.406 e. The molecule has 1 amide bonds. The van der Waals surface area contributed by atoms with Gasteiger partial charge in [0.2, 0.25) is 0 Å². The van der Waals surface area contributed by atoms with E-state index in [4.69, 9.17) is 16.6 Å². The number of ether oxygens (including phenoxy) is 1. The first kappa shape index (κ1) is 25.2. The normalized spacial score (nSPS) is 21.3. The van der Waals surface area contributed by atoms with Gasteiger partial charge in [-0.3, -0.25) is 4.99 Å². The highest BCUT2D eigenvalue weighted by Crippen LogP contribution is 2.48. The maximum Gasteiger partial charge on any atom is 0.406 e. The number of nitrogens with zero attached hydrogens (tertiary/aromatic N) is 5. The van der Waals surface area contributed by atoms with Crippen LogP contribution in [0.25, 0.3) is 5.57 Å². The predicted octanol–water partition coefficient (Wildman–Crippen LogP) is 5.21. The van der Waals surface area contributed by atoms with Crippen LogP contribution in [0.2, 0.25) is 5.02 Å². The summed E-state index contributed by atoms with van der Waals surface area (Å²) in [4.78, 5) is 22.4. The minimum Gasteiger partial charge on any atom is -0.453 e. The molecule has 1 saturated heterocycles. The fourth-order valence-corrected chi connectivity index (χ4v) is 5.35.